The molecule has 20 heavy (non-hydrogen) atoms. The van der Waals surface area contributed by atoms with Crippen LogP contribution in [-0.4, -0.2) is 13.1 Å². The second-order valence-electron chi connectivity index (χ2n) is 7.89. The van der Waals surface area contributed by atoms with Crippen molar-refractivity contribution in [2.75, 3.05) is 13.1 Å². The Morgan fingerprint density at radius 1 is 1.15 bits per heavy atom. The Balaban J connectivity index is 2.49. The molecule has 0 bridgehead atoms. The molecule has 0 saturated heterocycles. The van der Waals surface area contributed by atoms with Gasteiger partial charge < -0.3 is 5.32 Å². The Morgan fingerprint density at radius 3 is 2.40 bits per heavy atom. The zero-order valence-electron chi connectivity index (χ0n) is 14.5. The molecule has 1 aliphatic carbocycles. The number of hydrogen-bond donors (Lipinski definition) is 1. The molecule has 0 aromatic rings. The average Bonchev–Trinajstić information content (AvgIpc) is 2.36. The van der Waals surface area contributed by atoms with Gasteiger partial charge in [-0.1, -0.05) is 33.3 Å². The first kappa shape index (κ1) is 17.8. The summed E-state index contributed by atoms with van der Waals surface area (Å²) in [5.74, 6) is 4.37. The van der Waals surface area contributed by atoms with Crippen LogP contribution in [0.25, 0.3) is 0 Å². The molecule has 0 aliphatic heterocycles. The third-order valence-corrected chi connectivity index (χ3v) is 5.02. The lowest BCUT2D eigenvalue weighted by molar-refractivity contribution is 0.137. The fraction of sp³-hybridized carbons (Fsp3) is 0.895. The molecule has 1 N–H and O–H groups in total. The minimum Gasteiger partial charge on any atom is -0.316 e. The maximum atomic E-state index is 4.09. The lowest BCUT2D eigenvalue weighted by Gasteiger charge is -2.38. The number of rotatable bonds is 8. The summed E-state index contributed by atoms with van der Waals surface area (Å²) in [6, 6.07) is 0. The standard InChI is InChI=1S/C19H37N/c1-14(2)7-8-18-11-17(16(5)6)9-10-19(18)13-20-12-15(3)4/h15-20H,1,7-13H2,2-6H3. The van der Waals surface area contributed by atoms with Gasteiger partial charge >= 0.3 is 0 Å². The number of nitrogens with one attached hydrogen (secondary N) is 1. The minimum atomic E-state index is 0.760. The highest BCUT2D eigenvalue weighted by Gasteiger charge is 2.31. The zero-order valence-corrected chi connectivity index (χ0v) is 14.5. The largest absolute Gasteiger partial charge is 0.316 e. The summed E-state index contributed by atoms with van der Waals surface area (Å²) in [7, 11) is 0. The highest BCUT2D eigenvalue weighted by Crippen LogP contribution is 2.39. The second kappa shape index (κ2) is 8.87. The van der Waals surface area contributed by atoms with Gasteiger partial charge in [0.2, 0.25) is 0 Å². The van der Waals surface area contributed by atoms with E-state index in [-0.39, 0.29) is 0 Å². The fourth-order valence-electron chi connectivity index (χ4n) is 3.58. The summed E-state index contributed by atoms with van der Waals surface area (Å²) in [5.41, 5.74) is 1.35. The molecule has 0 amide bonds. The molecule has 0 heterocycles. The molecule has 3 atom stereocenters. The van der Waals surface area contributed by atoms with Crippen LogP contribution in [0, 0.1) is 29.6 Å². The van der Waals surface area contributed by atoms with E-state index in [9.17, 15) is 0 Å². The van der Waals surface area contributed by atoms with E-state index in [0.29, 0.717) is 0 Å². The smallest absolute Gasteiger partial charge is 0.00178 e. The maximum Gasteiger partial charge on any atom is -0.00178 e. The molecule has 0 spiro atoms. The van der Waals surface area contributed by atoms with Crippen LogP contribution in [-0.2, 0) is 0 Å². The van der Waals surface area contributed by atoms with Crippen molar-refractivity contribution in [3.05, 3.63) is 12.2 Å². The van der Waals surface area contributed by atoms with Crippen LogP contribution in [0.15, 0.2) is 12.2 Å². The summed E-state index contributed by atoms with van der Waals surface area (Å²) < 4.78 is 0. The van der Waals surface area contributed by atoms with E-state index in [4.69, 9.17) is 0 Å². The van der Waals surface area contributed by atoms with E-state index in [1.54, 1.807) is 0 Å². The van der Waals surface area contributed by atoms with E-state index in [1.807, 2.05) is 0 Å². The molecule has 0 radical (unpaired) electrons. The monoisotopic (exact) mass is 279 g/mol. The predicted octanol–water partition coefficient (Wildman–Crippen LogP) is 5.28. The van der Waals surface area contributed by atoms with Crippen LogP contribution >= 0.6 is 0 Å². The highest BCUT2D eigenvalue weighted by molar-refractivity contribution is 4.91. The van der Waals surface area contributed by atoms with Crippen LogP contribution in [0.4, 0.5) is 0 Å². The third kappa shape index (κ3) is 6.43. The third-order valence-electron chi connectivity index (χ3n) is 5.02. The van der Waals surface area contributed by atoms with Gasteiger partial charge in [0.05, 0.1) is 0 Å². The first-order valence-electron chi connectivity index (χ1n) is 8.75. The summed E-state index contributed by atoms with van der Waals surface area (Å²) in [4.78, 5) is 0. The van der Waals surface area contributed by atoms with Crippen LogP contribution in [0.1, 0.15) is 66.7 Å². The topological polar surface area (TPSA) is 12.0 Å². The molecule has 1 saturated carbocycles. The van der Waals surface area contributed by atoms with Crippen LogP contribution in [0.3, 0.4) is 0 Å². The molecular weight excluding hydrogens is 242 g/mol. The van der Waals surface area contributed by atoms with E-state index in [2.05, 4.69) is 46.5 Å². The van der Waals surface area contributed by atoms with Gasteiger partial charge in [0, 0.05) is 0 Å². The van der Waals surface area contributed by atoms with Gasteiger partial charge in [-0.05, 0) is 81.7 Å². The minimum absolute atomic E-state index is 0.760. The van der Waals surface area contributed by atoms with Crippen molar-refractivity contribution in [1.29, 1.82) is 0 Å². The average molecular weight is 280 g/mol. The summed E-state index contributed by atoms with van der Waals surface area (Å²) in [6.45, 7) is 18.0. The van der Waals surface area contributed by atoms with Crippen molar-refractivity contribution < 1.29 is 0 Å². The molecule has 118 valence electrons. The van der Waals surface area contributed by atoms with Gasteiger partial charge in [-0.15, -0.1) is 6.58 Å². The number of hydrogen-bond acceptors (Lipinski definition) is 1. The Kier molecular flexibility index (Phi) is 7.87. The Hall–Kier alpha value is -0.300. The van der Waals surface area contributed by atoms with Crippen molar-refractivity contribution in [3.8, 4) is 0 Å². The Morgan fingerprint density at radius 2 is 1.85 bits per heavy atom. The molecule has 1 nitrogen and oxygen atoms in total. The van der Waals surface area contributed by atoms with Gasteiger partial charge in [0.25, 0.3) is 0 Å². The Labute approximate surface area is 127 Å². The van der Waals surface area contributed by atoms with Crippen LogP contribution < -0.4 is 5.32 Å². The van der Waals surface area contributed by atoms with Gasteiger partial charge in [0.1, 0.15) is 0 Å². The first-order chi connectivity index (χ1) is 9.40. The summed E-state index contributed by atoms with van der Waals surface area (Å²) in [5, 5.41) is 3.69. The molecule has 1 heteroatoms. The van der Waals surface area contributed by atoms with Gasteiger partial charge in [-0.3, -0.25) is 0 Å². The van der Waals surface area contributed by atoms with Gasteiger partial charge in [0.15, 0.2) is 0 Å². The molecule has 1 fully saturated rings. The fourth-order valence-corrected chi connectivity index (χ4v) is 3.58. The van der Waals surface area contributed by atoms with Gasteiger partial charge in [-0.2, -0.15) is 0 Å². The van der Waals surface area contributed by atoms with Crippen molar-refractivity contribution in [2.45, 2.75) is 66.7 Å². The predicted molar refractivity (Wildman–Crippen MR) is 90.9 cm³/mol. The normalized spacial score (nSPS) is 27.2. The summed E-state index contributed by atoms with van der Waals surface area (Å²) in [6.07, 6.45) is 6.88. The lowest BCUT2D eigenvalue weighted by Crippen LogP contribution is -2.35. The Bertz CT molecular complexity index is 277. The summed E-state index contributed by atoms with van der Waals surface area (Å²) >= 11 is 0. The van der Waals surface area contributed by atoms with E-state index >= 15 is 0 Å². The SMILES string of the molecule is C=C(C)CCC1CC(C(C)C)CCC1CNCC(C)C. The zero-order chi connectivity index (χ0) is 15.1. The number of allylic oxidation sites excluding steroid dienone is 1. The molecule has 3 unspecified atom stereocenters. The van der Waals surface area contributed by atoms with E-state index < -0.39 is 0 Å². The molecule has 0 aromatic carbocycles. The molecule has 1 rings (SSSR count). The molecular formula is C19H37N. The van der Waals surface area contributed by atoms with Crippen molar-refractivity contribution in [1.82, 2.24) is 5.32 Å². The van der Waals surface area contributed by atoms with Crippen LogP contribution in [0.2, 0.25) is 0 Å². The van der Waals surface area contributed by atoms with Crippen molar-refractivity contribution in [3.63, 3.8) is 0 Å². The lowest BCUT2D eigenvalue weighted by atomic mass is 9.69. The van der Waals surface area contributed by atoms with Gasteiger partial charge in [-0.25, -0.2) is 0 Å². The van der Waals surface area contributed by atoms with E-state index in [0.717, 1.165) is 36.1 Å². The molecule has 1 aliphatic rings. The van der Waals surface area contributed by atoms with Crippen molar-refractivity contribution in [2.24, 2.45) is 29.6 Å². The quantitative estimate of drug-likeness (QED) is 0.596. The molecule has 0 aromatic heterocycles. The second-order valence-corrected chi connectivity index (χ2v) is 7.89. The van der Waals surface area contributed by atoms with Crippen LogP contribution in [0.5, 0.6) is 0 Å². The first-order valence-corrected chi connectivity index (χ1v) is 8.75. The highest BCUT2D eigenvalue weighted by atomic mass is 14.9. The maximum absolute atomic E-state index is 4.09. The van der Waals surface area contributed by atoms with Crippen molar-refractivity contribution >= 4 is 0 Å². The van der Waals surface area contributed by atoms with E-state index in [1.165, 1.54) is 44.2 Å².